The van der Waals surface area contributed by atoms with Gasteiger partial charge in [0.05, 0.1) is 13.7 Å². The summed E-state index contributed by atoms with van der Waals surface area (Å²) >= 11 is 0. The Hall–Kier alpha value is -2.13. The summed E-state index contributed by atoms with van der Waals surface area (Å²) in [4.78, 5) is 12.5. The first-order valence-corrected chi connectivity index (χ1v) is 9.60. The van der Waals surface area contributed by atoms with Gasteiger partial charge >= 0.3 is 0 Å². The fourth-order valence-electron chi connectivity index (χ4n) is 2.98. The minimum absolute atomic E-state index is 0.000571. The molecule has 3 nitrogen and oxygen atoms in total. The molecule has 0 aliphatic heterocycles. The lowest BCUT2D eigenvalue weighted by atomic mass is 9.86. The highest BCUT2D eigenvalue weighted by molar-refractivity contribution is 5.99. The molecule has 0 heterocycles. The van der Waals surface area contributed by atoms with Crippen LogP contribution in [0.3, 0.4) is 0 Å². The highest BCUT2D eigenvalue weighted by atomic mass is 16.5. The molecular formula is C24H32O3. The van der Waals surface area contributed by atoms with Crippen molar-refractivity contribution in [1.29, 1.82) is 0 Å². The Labute approximate surface area is 163 Å². The number of rotatable bonds is 8. The molecular weight excluding hydrogens is 336 g/mol. The molecule has 0 amide bonds. The number of carbonyl (C=O) groups is 1. The molecule has 0 bridgehead atoms. The molecule has 2 aromatic rings. The van der Waals surface area contributed by atoms with Gasteiger partial charge in [-0.3, -0.25) is 4.79 Å². The zero-order valence-corrected chi connectivity index (χ0v) is 17.4. The second-order valence-electron chi connectivity index (χ2n) is 8.32. The molecule has 146 valence electrons. The highest BCUT2D eigenvalue weighted by Crippen LogP contribution is 2.23. The van der Waals surface area contributed by atoms with Crippen molar-refractivity contribution in [2.75, 3.05) is 13.7 Å². The number of benzene rings is 2. The summed E-state index contributed by atoms with van der Waals surface area (Å²) in [5.74, 6) is 1.09. The first kappa shape index (κ1) is 21.2. The molecule has 0 aromatic heterocycles. The summed E-state index contributed by atoms with van der Waals surface area (Å²) < 4.78 is 11.0. The average molecular weight is 369 g/mol. The van der Waals surface area contributed by atoms with Gasteiger partial charge in [-0.2, -0.15) is 0 Å². The largest absolute Gasteiger partial charge is 0.497 e. The smallest absolute Gasteiger partial charge is 0.191 e. The van der Waals surface area contributed by atoms with Crippen molar-refractivity contribution in [3.8, 4) is 5.75 Å². The molecule has 2 unspecified atom stereocenters. The number of ketones is 1. The van der Waals surface area contributed by atoms with E-state index in [0.717, 1.165) is 12.2 Å². The van der Waals surface area contributed by atoms with Crippen LogP contribution in [0.2, 0.25) is 0 Å². The molecule has 2 aromatic carbocycles. The maximum absolute atomic E-state index is 12.5. The standard InChI is InChI=1S/C24H32O3/c1-17(15-19-7-11-21(12-8-19)24(3,4)5)16-27-18(2)23(25)20-9-13-22(26-6)14-10-20/h7-14,17-18H,15-16H2,1-6H3. The lowest BCUT2D eigenvalue weighted by molar-refractivity contribution is 0.0365. The maximum Gasteiger partial charge on any atom is 0.191 e. The number of Topliss-reactive ketones (excluding diaryl/α,β-unsaturated/α-hetero) is 1. The monoisotopic (exact) mass is 368 g/mol. The minimum Gasteiger partial charge on any atom is -0.497 e. The van der Waals surface area contributed by atoms with Crippen molar-refractivity contribution >= 4 is 5.78 Å². The number of carbonyl (C=O) groups excluding carboxylic acids is 1. The van der Waals surface area contributed by atoms with Crippen molar-refractivity contribution in [3.05, 3.63) is 65.2 Å². The molecule has 0 N–H and O–H groups in total. The van der Waals surface area contributed by atoms with Gasteiger partial charge in [-0.05, 0) is 60.1 Å². The Morgan fingerprint density at radius 1 is 0.963 bits per heavy atom. The SMILES string of the molecule is COc1ccc(C(=O)C(C)OCC(C)Cc2ccc(C(C)(C)C)cc2)cc1. The maximum atomic E-state index is 12.5. The lowest BCUT2D eigenvalue weighted by Crippen LogP contribution is -2.24. The van der Waals surface area contributed by atoms with Gasteiger partial charge in [0.1, 0.15) is 11.9 Å². The van der Waals surface area contributed by atoms with E-state index in [9.17, 15) is 4.79 Å². The van der Waals surface area contributed by atoms with Crippen molar-refractivity contribution < 1.29 is 14.3 Å². The number of hydrogen-bond donors (Lipinski definition) is 0. The van der Waals surface area contributed by atoms with E-state index in [1.54, 1.807) is 31.4 Å². The molecule has 0 fully saturated rings. The number of hydrogen-bond acceptors (Lipinski definition) is 3. The predicted octanol–water partition coefficient (Wildman–Crippen LogP) is 5.46. The van der Waals surface area contributed by atoms with Crippen molar-refractivity contribution in [2.24, 2.45) is 5.92 Å². The van der Waals surface area contributed by atoms with Gasteiger partial charge in [0.15, 0.2) is 5.78 Å². The lowest BCUT2D eigenvalue weighted by Gasteiger charge is -2.20. The van der Waals surface area contributed by atoms with Gasteiger partial charge in [0, 0.05) is 5.56 Å². The first-order valence-electron chi connectivity index (χ1n) is 9.60. The molecule has 3 heteroatoms. The summed E-state index contributed by atoms with van der Waals surface area (Å²) in [6, 6.07) is 16.0. The number of methoxy groups -OCH3 is 1. The third-order valence-corrected chi connectivity index (χ3v) is 4.78. The van der Waals surface area contributed by atoms with Gasteiger partial charge < -0.3 is 9.47 Å². The third kappa shape index (κ3) is 6.21. The van der Waals surface area contributed by atoms with E-state index in [4.69, 9.17) is 9.47 Å². The summed E-state index contributed by atoms with van der Waals surface area (Å²) in [6.07, 6.45) is 0.484. The molecule has 0 saturated carbocycles. The zero-order chi connectivity index (χ0) is 20.0. The molecule has 0 saturated heterocycles. The van der Waals surface area contributed by atoms with Gasteiger partial charge in [-0.15, -0.1) is 0 Å². The van der Waals surface area contributed by atoms with Crippen LogP contribution in [0.5, 0.6) is 5.75 Å². The Balaban J connectivity index is 1.85. The summed E-state index contributed by atoms with van der Waals surface area (Å²) in [5, 5.41) is 0. The van der Waals surface area contributed by atoms with Gasteiger partial charge in [0.25, 0.3) is 0 Å². The molecule has 2 rings (SSSR count). The molecule has 27 heavy (non-hydrogen) atoms. The molecule has 0 aliphatic carbocycles. The topological polar surface area (TPSA) is 35.5 Å². The van der Waals surface area contributed by atoms with Crippen LogP contribution < -0.4 is 4.74 Å². The number of ether oxygens (including phenoxy) is 2. The summed E-state index contributed by atoms with van der Waals surface area (Å²) in [6.45, 7) is 11.2. The van der Waals surface area contributed by atoms with E-state index in [1.807, 2.05) is 6.92 Å². The van der Waals surface area contributed by atoms with Crippen LogP contribution >= 0.6 is 0 Å². The molecule has 0 radical (unpaired) electrons. The zero-order valence-electron chi connectivity index (χ0n) is 17.4. The van der Waals surface area contributed by atoms with Crippen LogP contribution in [0.25, 0.3) is 0 Å². The van der Waals surface area contributed by atoms with Crippen LogP contribution in [0.15, 0.2) is 48.5 Å². The quantitative estimate of drug-likeness (QED) is 0.581. The third-order valence-electron chi connectivity index (χ3n) is 4.78. The molecule has 0 aliphatic rings. The van der Waals surface area contributed by atoms with Crippen molar-refractivity contribution in [2.45, 2.75) is 52.6 Å². The highest BCUT2D eigenvalue weighted by Gasteiger charge is 2.17. The first-order chi connectivity index (χ1) is 12.7. The van der Waals surface area contributed by atoms with E-state index in [0.29, 0.717) is 18.1 Å². The van der Waals surface area contributed by atoms with E-state index >= 15 is 0 Å². The summed E-state index contributed by atoms with van der Waals surface area (Å²) in [5.41, 5.74) is 3.46. The molecule has 0 spiro atoms. The van der Waals surface area contributed by atoms with Crippen molar-refractivity contribution in [3.63, 3.8) is 0 Å². The van der Waals surface area contributed by atoms with Crippen LogP contribution in [0, 0.1) is 5.92 Å². The summed E-state index contributed by atoms with van der Waals surface area (Å²) in [7, 11) is 1.61. The fourth-order valence-corrected chi connectivity index (χ4v) is 2.98. The van der Waals surface area contributed by atoms with E-state index in [2.05, 4.69) is 52.0 Å². The normalized spacial score (nSPS) is 13.9. The molecule has 2 atom stereocenters. The second kappa shape index (κ2) is 9.18. The second-order valence-corrected chi connectivity index (χ2v) is 8.32. The van der Waals surface area contributed by atoms with E-state index in [-0.39, 0.29) is 11.2 Å². The van der Waals surface area contributed by atoms with E-state index < -0.39 is 6.10 Å². The van der Waals surface area contributed by atoms with Crippen LogP contribution in [-0.2, 0) is 16.6 Å². The minimum atomic E-state index is -0.455. The Bertz CT molecular complexity index is 724. The van der Waals surface area contributed by atoms with Gasteiger partial charge in [-0.1, -0.05) is 52.0 Å². The van der Waals surface area contributed by atoms with Gasteiger partial charge in [-0.25, -0.2) is 0 Å². The Morgan fingerprint density at radius 2 is 1.56 bits per heavy atom. The van der Waals surface area contributed by atoms with Crippen LogP contribution in [0.1, 0.15) is 56.1 Å². The van der Waals surface area contributed by atoms with Crippen molar-refractivity contribution in [1.82, 2.24) is 0 Å². The predicted molar refractivity (Wildman–Crippen MR) is 111 cm³/mol. The van der Waals surface area contributed by atoms with E-state index in [1.165, 1.54) is 11.1 Å². The van der Waals surface area contributed by atoms with Gasteiger partial charge in [0.2, 0.25) is 0 Å². The average Bonchev–Trinajstić information content (AvgIpc) is 2.65. The van der Waals surface area contributed by atoms with Crippen LogP contribution in [0.4, 0.5) is 0 Å². The Kier molecular flexibility index (Phi) is 7.20. The fraction of sp³-hybridized carbons (Fsp3) is 0.458. The Morgan fingerprint density at radius 3 is 2.07 bits per heavy atom. The van der Waals surface area contributed by atoms with Crippen LogP contribution in [-0.4, -0.2) is 25.6 Å².